The Bertz CT molecular complexity index is 1010. The Morgan fingerprint density at radius 1 is 0.902 bits per heavy atom. The van der Waals surface area contributed by atoms with E-state index in [9.17, 15) is 19.2 Å². The minimum atomic E-state index is -0.682. The van der Waals surface area contributed by atoms with E-state index < -0.39 is 11.9 Å². The van der Waals surface area contributed by atoms with Crippen molar-refractivity contribution in [2.45, 2.75) is 25.4 Å². The van der Waals surface area contributed by atoms with Crippen molar-refractivity contribution in [1.82, 2.24) is 15.5 Å². The van der Waals surface area contributed by atoms with Gasteiger partial charge in [0.05, 0.1) is 59.5 Å². The van der Waals surface area contributed by atoms with Crippen LogP contribution < -0.4 is 21.7 Å². The second kappa shape index (κ2) is 18.5. The van der Waals surface area contributed by atoms with Crippen molar-refractivity contribution in [1.29, 1.82) is 0 Å². The normalized spacial score (nSPS) is 16.7. The molecule has 1 saturated heterocycles. The lowest BCUT2D eigenvalue weighted by Crippen LogP contribution is -2.52. The number of carbonyl (C=O) groups excluding carboxylic acids is 4. The summed E-state index contributed by atoms with van der Waals surface area (Å²) in [4.78, 5) is 50.1. The smallest absolute Gasteiger partial charge is 0.255 e. The van der Waals surface area contributed by atoms with E-state index in [2.05, 4.69) is 16.0 Å². The van der Waals surface area contributed by atoms with Crippen molar-refractivity contribution < 1.29 is 42.9 Å². The molecule has 3 rings (SSSR count). The van der Waals surface area contributed by atoms with Gasteiger partial charge in [0.1, 0.15) is 12.6 Å². The van der Waals surface area contributed by atoms with Crippen LogP contribution in [0.2, 0.25) is 0 Å². The van der Waals surface area contributed by atoms with Crippen molar-refractivity contribution >= 4 is 29.3 Å². The van der Waals surface area contributed by atoms with Crippen LogP contribution in [0.3, 0.4) is 0 Å². The van der Waals surface area contributed by atoms with Gasteiger partial charge in [0.25, 0.3) is 5.91 Å². The van der Waals surface area contributed by atoms with Gasteiger partial charge in [-0.15, -0.1) is 0 Å². The largest absolute Gasteiger partial charge is 0.379 e. The number of benzene rings is 1. The summed E-state index contributed by atoms with van der Waals surface area (Å²) in [6, 6.07) is 4.29. The van der Waals surface area contributed by atoms with Gasteiger partial charge in [-0.05, 0) is 30.2 Å². The van der Waals surface area contributed by atoms with Crippen molar-refractivity contribution in [3.05, 3.63) is 29.3 Å². The van der Waals surface area contributed by atoms with Crippen LogP contribution >= 0.6 is 0 Å². The molecule has 1 atom stereocenters. The third kappa shape index (κ3) is 11.4. The molecule has 1 fully saturated rings. The number of anilines is 1. The predicted molar refractivity (Wildman–Crippen MR) is 147 cm³/mol. The number of nitrogens with zero attached hydrogens (tertiary/aromatic N) is 1. The molecule has 0 bridgehead atoms. The second-order valence-corrected chi connectivity index (χ2v) is 9.36. The highest BCUT2D eigenvalue weighted by molar-refractivity contribution is 6.05. The number of ether oxygens (including phenoxy) is 5. The number of carbonyl (C=O) groups is 4. The van der Waals surface area contributed by atoms with Crippen molar-refractivity contribution in [3.8, 4) is 0 Å². The van der Waals surface area contributed by atoms with Crippen LogP contribution in [0.15, 0.2) is 18.2 Å². The number of rotatable bonds is 21. The fourth-order valence-electron chi connectivity index (χ4n) is 4.27. The summed E-state index contributed by atoms with van der Waals surface area (Å²) in [6.07, 6.45) is 0.488. The van der Waals surface area contributed by atoms with Crippen LogP contribution in [0.25, 0.3) is 0 Å². The molecule has 14 heteroatoms. The van der Waals surface area contributed by atoms with Gasteiger partial charge >= 0.3 is 0 Å². The van der Waals surface area contributed by atoms with Gasteiger partial charge in [-0.2, -0.15) is 0 Å². The molecule has 14 nitrogen and oxygen atoms in total. The first-order chi connectivity index (χ1) is 20.0. The van der Waals surface area contributed by atoms with Crippen LogP contribution in [-0.4, -0.2) is 120 Å². The van der Waals surface area contributed by atoms with Gasteiger partial charge in [0, 0.05) is 43.9 Å². The molecular formula is C27H41N5O9. The maximum atomic E-state index is 12.8. The Labute approximate surface area is 239 Å². The van der Waals surface area contributed by atoms with Crippen molar-refractivity contribution in [3.63, 3.8) is 0 Å². The Kier molecular flexibility index (Phi) is 14.6. The molecule has 1 aromatic rings. The zero-order chi connectivity index (χ0) is 29.3. The van der Waals surface area contributed by atoms with E-state index in [4.69, 9.17) is 29.4 Å². The quantitative estimate of drug-likeness (QED) is 0.104. The zero-order valence-corrected chi connectivity index (χ0v) is 23.3. The third-order valence-electron chi connectivity index (χ3n) is 6.27. The molecule has 1 aromatic carbocycles. The maximum absolute atomic E-state index is 12.8. The summed E-state index contributed by atoms with van der Waals surface area (Å²) in [5, 5.41) is 8.23. The molecule has 0 aromatic heterocycles. The molecule has 0 aliphatic carbocycles. The highest BCUT2D eigenvalue weighted by Gasteiger charge is 2.39. The van der Waals surface area contributed by atoms with Gasteiger partial charge in [0.2, 0.25) is 17.7 Å². The topological polar surface area (TPSA) is 180 Å². The second-order valence-electron chi connectivity index (χ2n) is 9.36. The van der Waals surface area contributed by atoms with E-state index in [-0.39, 0.29) is 43.9 Å². The van der Waals surface area contributed by atoms with Crippen LogP contribution in [0, 0.1) is 0 Å². The van der Waals surface area contributed by atoms with Gasteiger partial charge in [-0.25, -0.2) is 0 Å². The third-order valence-corrected chi connectivity index (χ3v) is 6.27. The maximum Gasteiger partial charge on any atom is 0.255 e. The standard InChI is InChI=1S/C27H41N5O9/c28-5-8-37-9-6-29-7-10-38-11-12-39-13-14-40-15-16-41-19-25(34)30-21-1-2-22-20(17-21)18-32(27(22)36)23-3-4-24(33)31-26(23)35/h1-2,17,23,29H,3-16,18-19,28H2,(H,30,34)(H,31,33,35). The minimum absolute atomic E-state index is 0.148. The first kappa shape index (κ1) is 32.5. The lowest BCUT2D eigenvalue weighted by atomic mass is 10.0. The van der Waals surface area contributed by atoms with E-state index in [1.807, 2.05) is 0 Å². The molecule has 0 saturated carbocycles. The van der Waals surface area contributed by atoms with E-state index in [1.54, 1.807) is 18.2 Å². The Morgan fingerprint density at radius 3 is 2.20 bits per heavy atom. The van der Waals surface area contributed by atoms with Crippen LogP contribution in [0.1, 0.15) is 28.8 Å². The number of imide groups is 1. The molecule has 41 heavy (non-hydrogen) atoms. The molecule has 2 aliphatic heterocycles. The lowest BCUT2D eigenvalue weighted by molar-refractivity contribution is -0.137. The lowest BCUT2D eigenvalue weighted by Gasteiger charge is -2.29. The fraction of sp³-hybridized carbons (Fsp3) is 0.630. The molecule has 2 heterocycles. The van der Waals surface area contributed by atoms with E-state index in [0.717, 1.165) is 13.1 Å². The summed E-state index contributed by atoms with van der Waals surface area (Å²) < 4.78 is 27.0. The minimum Gasteiger partial charge on any atom is -0.379 e. The van der Waals surface area contributed by atoms with Crippen molar-refractivity contribution in [2.75, 3.05) is 91.0 Å². The monoisotopic (exact) mass is 579 g/mol. The fourth-order valence-corrected chi connectivity index (χ4v) is 4.27. The molecule has 1 unspecified atom stereocenters. The van der Waals surface area contributed by atoms with Crippen molar-refractivity contribution in [2.24, 2.45) is 5.73 Å². The summed E-state index contributed by atoms with van der Waals surface area (Å²) in [7, 11) is 0. The number of hydrogen-bond donors (Lipinski definition) is 4. The Morgan fingerprint density at radius 2 is 1.54 bits per heavy atom. The Balaban J connectivity index is 1.17. The molecule has 228 valence electrons. The zero-order valence-electron chi connectivity index (χ0n) is 23.3. The predicted octanol–water partition coefficient (Wildman–Crippen LogP) is -0.983. The van der Waals surface area contributed by atoms with Gasteiger partial charge in [-0.3, -0.25) is 24.5 Å². The number of fused-ring (bicyclic) bond motifs is 1. The van der Waals surface area contributed by atoms with E-state index in [0.29, 0.717) is 82.6 Å². The number of nitrogens with two attached hydrogens (primary N) is 1. The van der Waals surface area contributed by atoms with Crippen LogP contribution in [0.5, 0.6) is 0 Å². The first-order valence-electron chi connectivity index (χ1n) is 13.9. The first-order valence-corrected chi connectivity index (χ1v) is 13.9. The highest BCUT2D eigenvalue weighted by atomic mass is 16.6. The molecule has 2 aliphatic rings. The molecule has 4 amide bonds. The van der Waals surface area contributed by atoms with Crippen LogP contribution in [0.4, 0.5) is 5.69 Å². The highest BCUT2D eigenvalue weighted by Crippen LogP contribution is 2.29. The van der Waals surface area contributed by atoms with Gasteiger partial charge in [-0.1, -0.05) is 0 Å². The summed E-state index contributed by atoms with van der Waals surface area (Å²) >= 11 is 0. The summed E-state index contributed by atoms with van der Waals surface area (Å²) in [5.74, 6) is -1.40. The average molecular weight is 580 g/mol. The molecule has 0 radical (unpaired) electrons. The van der Waals surface area contributed by atoms with E-state index >= 15 is 0 Å². The van der Waals surface area contributed by atoms with Gasteiger partial charge in [0.15, 0.2) is 0 Å². The molecule has 5 N–H and O–H groups in total. The van der Waals surface area contributed by atoms with E-state index in [1.165, 1.54) is 4.90 Å². The van der Waals surface area contributed by atoms with Crippen LogP contribution in [-0.2, 0) is 44.6 Å². The average Bonchev–Trinajstić information content (AvgIpc) is 3.27. The summed E-state index contributed by atoms with van der Waals surface area (Å²) in [5.41, 5.74) is 7.05. The number of hydrogen-bond acceptors (Lipinski definition) is 11. The van der Waals surface area contributed by atoms with Gasteiger partial charge < -0.3 is 45.0 Å². The number of piperidine rings is 1. The summed E-state index contributed by atoms with van der Waals surface area (Å²) in [6.45, 7) is 6.32. The number of amides is 4. The SMILES string of the molecule is NCCOCCNCCOCCOCCOCCOCC(=O)Nc1ccc2c(c1)CN(C1CCC(=O)NC1=O)C2=O. The molecular weight excluding hydrogens is 538 g/mol. The number of nitrogens with one attached hydrogen (secondary N) is 3. The molecule has 0 spiro atoms. The Hall–Kier alpha value is -2.98.